The van der Waals surface area contributed by atoms with Crippen LogP contribution in [0.3, 0.4) is 0 Å². The third-order valence-electron chi connectivity index (χ3n) is 8.51. The van der Waals surface area contributed by atoms with Gasteiger partial charge in [0, 0.05) is 28.8 Å². The molecule has 0 N–H and O–H groups in total. The van der Waals surface area contributed by atoms with Crippen LogP contribution in [0.2, 0.25) is 0 Å². The maximum absolute atomic E-state index is 15.8. The van der Waals surface area contributed by atoms with Crippen molar-refractivity contribution in [1.29, 1.82) is 0 Å². The smallest absolute Gasteiger partial charge is 0.550 e. The largest absolute Gasteiger partial charge is 1.00 e. The van der Waals surface area contributed by atoms with Gasteiger partial charge in [0.1, 0.15) is 5.82 Å². The monoisotopic (exact) mass is 761 g/mol. The SMILES string of the molecule is COc1cccc(-c2c(C)n(Cc3c(F)cccc3C(F)(F)F)c(=O)n(C[C@@H](c3ccccc3)N(CCCC(=O)[O-])CCCC(=O)[O-])c2=O)c1F.[Na+].[Na+]. The minimum absolute atomic E-state index is 0. The van der Waals surface area contributed by atoms with E-state index in [1.54, 1.807) is 35.2 Å². The molecule has 0 aliphatic rings. The molecule has 1 heterocycles. The molecular weight excluding hydrogens is 727 g/mol. The van der Waals surface area contributed by atoms with Crippen molar-refractivity contribution in [2.75, 3.05) is 20.2 Å². The summed E-state index contributed by atoms with van der Waals surface area (Å²) in [6.07, 6.45) is -5.66. The van der Waals surface area contributed by atoms with Gasteiger partial charge < -0.3 is 24.5 Å². The van der Waals surface area contributed by atoms with Crippen LogP contribution < -0.4 is 85.3 Å². The molecule has 3 aromatic carbocycles. The molecule has 0 radical (unpaired) electrons. The summed E-state index contributed by atoms with van der Waals surface area (Å²) in [4.78, 5) is 52.8. The molecule has 4 aromatic rings. The first-order valence-corrected chi connectivity index (χ1v) is 15.9. The second-order valence-corrected chi connectivity index (χ2v) is 11.7. The second-order valence-electron chi connectivity index (χ2n) is 11.7. The van der Waals surface area contributed by atoms with Crippen LogP contribution in [0.1, 0.15) is 54.1 Å². The summed E-state index contributed by atoms with van der Waals surface area (Å²) in [5.74, 6) is -5.20. The number of nitrogens with zero attached hydrogens (tertiary/aromatic N) is 3. The Hall–Kier alpha value is -3.31. The molecule has 4 rings (SSSR count). The van der Waals surface area contributed by atoms with E-state index < -0.39 is 76.8 Å². The van der Waals surface area contributed by atoms with E-state index in [-0.39, 0.29) is 115 Å². The van der Waals surface area contributed by atoms with Gasteiger partial charge in [0.05, 0.1) is 37.4 Å². The van der Waals surface area contributed by atoms with Crippen LogP contribution in [0.4, 0.5) is 22.0 Å². The van der Waals surface area contributed by atoms with Gasteiger partial charge in [-0.2, -0.15) is 13.2 Å². The van der Waals surface area contributed by atoms with Crippen molar-refractivity contribution in [3.8, 4) is 16.9 Å². The first-order chi connectivity index (χ1) is 24.1. The fourth-order valence-corrected chi connectivity index (χ4v) is 6.02. The number of halogens is 5. The molecule has 0 saturated heterocycles. The van der Waals surface area contributed by atoms with E-state index in [1.165, 1.54) is 32.2 Å². The van der Waals surface area contributed by atoms with Crippen molar-refractivity contribution in [1.82, 2.24) is 14.0 Å². The molecule has 0 amide bonds. The summed E-state index contributed by atoms with van der Waals surface area (Å²) in [7, 11) is 1.19. The van der Waals surface area contributed by atoms with E-state index in [4.69, 9.17) is 4.74 Å². The van der Waals surface area contributed by atoms with Gasteiger partial charge in [-0.25, -0.2) is 13.6 Å². The molecule has 0 saturated carbocycles. The third kappa shape index (κ3) is 11.4. The Morgan fingerprint density at radius 2 is 1.43 bits per heavy atom. The number of methoxy groups -OCH3 is 1. The zero-order valence-electron chi connectivity index (χ0n) is 29.7. The van der Waals surface area contributed by atoms with E-state index in [2.05, 4.69) is 0 Å². The van der Waals surface area contributed by atoms with Crippen LogP contribution >= 0.6 is 0 Å². The van der Waals surface area contributed by atoms with Crippen LogP contribution in [-0.4, -0.2) is 46.2 Å². The topological polar surface area (TPSA) is 137 Å². The number of carbonyl (C=O) groups excluding carboxylic acids is 2. The first-order valence-electron chi connectivity index (χ1n) is 15.9. The van der Waals surface area contributed by atoms with Crippen LogP contribution in [0.5, 0.6) is 5.75 Å². The maximum atomic E-state index is 15.8. The van der Waals surface area contributed by atoms with Gasteiger partial charge in [0.2, 0.25) is 0 Å². The molecule has 0 bridgehead atoms. The molecule has 1 atom stereocenters. The van der Waals surface area contributed by atoms with Crippen LogP contribution in [0.15, 0.2) is 76.3 Å². The number of hydrogen-bond acceptors (Lipinski definition) is 8. The normalized spacial score (nSPS) is 11.8. The molecule has 0 unspecified atom stereocenters. The van der Waals surface area contributed by atoms with Crippen molar-refractivity contribution < 1.29 is 106 Å². The zero-order valence-corrected chi connectivity index (χ0v) is 33.7. The average Bonchev–Trinajstić information content (AvgIpc) is 3.07. The number of ether oxygens (including phenoxy) is 1. The van der Waals surface area contributed by atoms with Gasteiger partial charge in [0.15, 0.2) is 11.6 Å². The number of carboxylic acid groups (broad SMARTS) is 2. The standard InChI is InChI=1S/C36H36F5N3O7.2Na/c1-22-32(24-12-6-15-29(51-2)33(24)38)34(49)44(35(50)43(22)20-25-26(36(39,40)41)13-7-14-27(25)37)21-28(23-10-4-3-5-11-23)42(18-8-16-30(45)46)19-9-17-31(47)48;;/h3-7,10-15,28H,8-9,16-21H2,1-2H3,(H,45,46)(H,47,48);;/q;2*+1/p-2/t28-;;/m0../s1. The fraction of sp³-hybridized carbons (Fsp3) is 0.333. The summed E-state index contributed by atoms with van der Waals surface area (Å²) >= 11 is 0. The van der Waals surface area contributed by atoms with E-state index in [0.29, 0.717) is 16.2 Å². The Labute approximate surface area is 345 Å². The first kappa shape index (κ1) is 45.8. The van der Waals surface area contributed by atoms with E-state index in [9.17, 15) is 42.6 Å². The number of aliphatic carboxylic acids is 2. The Morgan fingerprint density at radius 3 is 1.98 bits per heavy atom. The molecule has 0 spiro atoms. The fourth-order valence-electron chi connectivity index (χ4n) is 6.02. The van der Waals surface area contributed by atoms with E-state index >= 15 is 8.78 Å². The van der Waals surface area contributed by atoms with Crippen molar-refractivity contribution in [2.45, 2.75) is 57.9 Å². The van der Waals surface area contributed by atoms with Gasteiger partial charge in [-0.1, -0.05) is 48.5 Å². The maximum Gasteiger partial charge on any atom is 1.00 e. The Balaban J connectivity index is 0.00000486. The molecule has 272 valence electrons. The van der Waals surface area contributed by atoms with Crippen LogP contribution in [0.25, 0.3) is 11.1 Å². The molecular formula is C36H34F5N3Na2O7. The summed E-state index contributed by atoms with van der Waals surface area (Å²) < 4.78 is 79.6. The minimum atomic E-state index is -5.01. The number of benzene rings is 3. The molecule has 53 heavy (non-hydrogen) atoms. The predicted octanol–water partition coefficient (Wildman–Crippen LogP) is -2.55. The van der Waals surface area contributed by atoms with Gasteiger partial charge in [-0.05, 0) is 69.5 Å². The summed E-state index contributed by atoms with van der Waals surface area (Å²) in [6, 6.07) is 13.6. The summed E-state index contributed by atoms with van der Waals surface area (Å²) in [6.45, 7) is -0.174. The summed E-state index contributed by atoms with van der Waals surface area (Å²) in [5, 5.41) is 22.5. The van der Waals surface area contributed by atoms with Crippen molar-refractivity contribution in [3.05, 3.63) is 122 Å². The van der Waals surface area contributed by atoms with E-state index in [0.717, 1.165) is 16.7 Å². The van der Waals surface area contributed by atoms with E-state index in [1.807, 2.05) is 0 Å². The number of aromatic nitrogens is 2. The Bertz CT molecular complexity index is 1990. The van der Waals surface area contributed by atoms with Gasteiger partial charge in [-0.3, -0.25) is 18.8 Å². The average molecular weight is 762 g/mol. The summed E-state index contributed by atoms with van der Waals surface area (Å²) in [5.41, 5.74) is -4.86. The predicted molar refractivity (Wildman–Crippen MR) is 171 cm³/mol. The Morgan fingerprint density at radius 1 is 0.849 bits per heavy atom. The molecule has 10 nitrogen and oxygen atoms in total. The molecule has 1 aromatic heterocycles. The van der Waals surface area contributed by atoms with Gasteiger partial charge in [0.25, 0.3) is 5.56 Å². The third-order valence-corrected chi connectivity index (χ3v) is 8.51. The number of hydrogen-bond donors (Lipinski definition) is 0. The zero-order chi connectivity index (χ0) is 37.5. The number of carbonyl (C=O) groups is 2. The second kappa shape index (κ2) is 20.4. The molecule has 17 heteroatoms. The van der Waals surface area contributed by atoms with Crippen LogP contribution in [-0.2, 0) is 28.9 Å². The van der Waals surface area contributed by atoms with Gasteiger partial charge in [-0.15, -0.1) is 0 Å². The van der Waals surface area contributed by atoms with Crippen molar-refractivity contribution >= 4 is 11.9 Å². The van der Waals surface area contributed by atoms with Crippen LogP contribution in [0, 0.1) is 18.6 Å². The van der Waals surface area contributed by atoms with Gasteiger partial charge >= 0.3 is 71.0 Å². The number of alkyl halides is 3. The number of carboxylic acids is 2. The molecule has 0 fully saturated rings. The van der Waals surface area contributed by atoms with Crippen molar-refractivity contribution in [3.63, 3.8) is 0 Å². The number of rotatable bonds is 16. The minimum Gasteiger partial charge on any atom is -0.550 e. The quantitative estimate of drug-likeness (QED) is 0.0901. The molecule has 0 aliphatic heterocycles. The Kier molecular flexibility index (Phi) is 17.6. The molecule has 0 aliphatic carbocycles. The van der Waals surface area contributed by atoms with Crippen molar-refractivity contribution in [2.24, 2.45) is 0 Å².